The van der Waals surface area contributed by atoms with E-state index in [1.807, 2.05) is 26.0 Å². The third kappa shape index (κ3) is 2.99. The van der Waals surface area contributed by atoms with E-state index in [1.54, 1.807) is 28.4 Å². The van der Waals surface area contributed by atoms with Crippen LogP contribution in [-0.2, 0) is 12.8 Å². The Hall–Kier alpha value is -2.80. The van der Waals surface area contributed by atoms with Crippen molar-refractivity contribution in [3.05, 3.63) is 23.3 Å². The van der Waals surface area contributed by atoms with E-state index in [0.29, 0.717) is 47.3 Å². The maximum atomic E-state index is 11.3. The molecule has 0 saturated carbocycles. The van der Waals surface area contributed by atoms with E-state index in [4.69, 9.17) is 28.4 Å². The maximum Gasteiger partial charge on any atom is 0.231 e. The van der Waals surface area contributed by atoms with Crippen LogP contribution >= 0.6 is 0 Å². The zero-order valence-electron chi connectivity index (χ0n) is 18.3. The van der Waals surface area contributed by atoms with Gasteiger partial charge in [-0.1, -0.05) is 6.92 Å². The first kappa shape index (κ1) is 20.5. The van der Waals surface area contributed by atoms with Crippen LogP contribution in [-0.4, -0.2) is 45.9 Å². The summed E-state index contributed by atoms with van der Waals surface area (Å²) < 4.78 is 34.2. The molecule has 0 saturated heterocycles. The average molecular weight is 416 g/mol. The molecular weight excluding hydrogens is 388 g/mol. The van der Waals surface area contributed by atoms with Crippen LogP contribution in [0.2, 0.25) is 0 Å². The second-order valence-electron chi connectivity index (χ2n) is 8.00. The fraction of sp³-hybridized carbons (Fsp3) is 0.478. The van der Waals surface area contributed by atoms with Crippen molar-refractivity contribution in [2.75, 3.05) is 35.2 Å². The molecular formula is C23H28O7. The molecule has 1 aliphatic carbocycles. The fourth-order valence-electron chi connectivity index (χ4n) is 4.42. The van der Waals surface area contributed by atoms with Crippen molar-refractivity contribution in [1.29, 1.82) is 0 Å². The summed E-state index contributed by atoms with van der Waals surface area (Å²) in [6.07, 6.45) is 1.05. The SMILES string of the molecule is COc1cc2c(c(OC)c1OC)-c1c(cc3c(c1OC)OCO3)C[C@H](C)[C@](C)(O)C2. The Bertz CT molecular complexity index is 980. The van der Waals surface area contributed by atoms with E-state index in [2.05, 4.69) is 0 Å². The number of hydrogen-bond donors (Lipinski definition) is 1. The predicted octanol–water partition coefficient (Wildman–Crippen LogP) is 3.60. The van der Waals surface area contributed by atoms with Gasteiger partial charge >= 0.3 is 0 Å². The van der Waals surface area contributed by atoms with Crippen LogP contribution in [0.5, 0.6) is 34.5 Å². The van der Waals surface area contributed by atoms with Crippen LogP contribution in [0.3, 0.4) is 0 Å². The first-order valence-electron chi connectivity index (χ1n) is 9.90. The fourth-order valence-corrected chi connectivity index (χ4v) is 4.42. The normalized spacial score (nSPS) is 21.8. The van der Waals surface area contributed by atoms with Gasteiger partial charge in [-0.2, -0.15) is 0 Å². The van der Waals surface area contributed by atoms with E-state index in [-0.39, 0.29) is 12.7 Å². The Morgan fingerprint density at radius 3 is 2.20 bits per heavy atom. The lowest BCUT2D eigenvalue weighted by Crippen LogP contribution is -2.37. The third-order valence-corrected chi connectivity index (χ3v) is 6.20. The van der Waals surface area contributed by atoms with Crippen molar-refractivity contribution in [2.45, 2.75) is 32.3 Å². The van der Waals surface area contributed by atoms with E-state index in [9.17, 15) is 5.11 Å². The molecule has 1 heterocycles. The molecule has 2 aliphatic rings. The minimum Gasteiger partial charge on any atom is -0.493 e. The Labute approximate surface area is 176 Å². The van der Waals surface area contributed by atoms with E-state index < -0.39 is 5.60 Å². The molecule has 30 heavy (non-hydrogen) atoms. The van der Waals surface area contributed by atoms with E-state index in [1.165, 1.54) is 0 Å². The van der Waals surface area contributed by atoms with Crippen molar-refractivity contribution < 1.29 is 33.5 Å². The highest BCUT2D eigenvalue weighted by molar-refractivity contribution is 5.88. The van der Waals surface area contributed by atoms with Crippen LogP contribution in [0.4, 0.5) is 0 Å². The highest BCUT2D eigenvalue weighted by atomic mass is 16.7. The maximum absolute atomic E-state index is 11.3. The molecule has 162 valence electrons. The monoisotopic (exact) mass is 416 g/mol. The smallest absolute Gasteiger partial charge is 0.231 e. The minimum atomic E-state index is -0.944. The Morgan fingerprint density at radius 1 is 0.900 bits per heavy atom. The number of fused-ring (bicyclic) bond motifs is 4. The van der Waals surface area contributed by atoms with E-state index >= 15 is 0 Å². The van der Waals surface area contributed by atoms with Gasteiger partial charge in [0, 0.05) is 17.5 Å². The summed E-state index contributed by atoms with van der Waals surface area (Å²) in [6.45, 7) is 4.04. The van der Waals surface area contributed by atoms with Crippen molar-refractivity contribution in [2.24, 2.45) is 5.92 Å². The molecule has 1 N–H and O–H groups in total. The second-order valence-corrected chi connectivity index (χ2v) is 8.00. The van der Waals surface area contributed by atoms with Gasteiger partial charge in [0.1, 0.15) is 0 Å². The molecule has 4 rings (SSSR count). The molecule has 7 heteroatoms. The molecule has 0 radical (unpaired) electrons. The Balaban J connectivity index is 2.14. The quantitative estimate of drug-likeness (QED) is 0.816. The molecule has 0 aromatic heterocycles. The topological polar surface area (TPSA) is 75.6 Å². The summed E-state index contributed by atoms with van der Waals surface area (Å²) in [5.74, 6) is 3.32. The first-order chi connectivity index (χ1) is 14.4. The molecule has 0 fully saturated rings. The number of ether oxygens (including phenoxy) is 6. The van der Waals surface area contributed by atoms with Gasteiger partial charge in [0.15, 0.2) is 23.0 Å². The highest BCUT2D eigenvalue weighted by Gasteiger charge is 2.38. The van der Waals surface area contributed by atoms with Crippen molar-refractivity contribution >= 4 is 0 Å². The van der Waals surface area contributed by atoms with Crippen LogP contribution in [0, 0.1) is 5.92 Å². The van der Waals surface area contributed by atoms with Gasteiger partial charge in [-0.25, -0.2) is 0 Å². The first-order valence-corrected chi connectivity index (χ1v) is 9.90. The summed E-state index contributed by atoms with van der Waals surface area (Å²) in [7, 11) is 6.37. The summed E-state index contributed by atoms with van der Waals surface area (Å²) in [5.41, 5.74) is 2.57. The average Bonchev–Trinajstić information content (AvgIpc) is 3.19. The van der Waals surface area contributed by atoms with Gasteiger partial charge in [0.05, 0.1) is 34.0 Å². The van der Waals surface area contributed by atoms with Gasteiger partial charge in [0.2, 0.25) is 18.3 Å². The van der Waals surface area contributed by atoms with Crippen LogP contribution in [0.1, 0.15) is 25.0 Å². The molecule has 1 aliphatic heterocycles. The summed E-state index contributed by atoms with van der Waals surface area (Å²) in [6, 6.07) is 3.87. The third-order valence-electron chi connectivity index (χ3n) is 6.20. The zero-order chi connectivity index (χ0) is 21.6. The predicted molar refractivity (Wildman–Crippen MR) is 111 cm³/mol. The minimum absolute atomic E-state index is 0.0198. The van der Waals surface area contributed by atoms with Gasteiger partial charge in [-0.05, 0) is 42.5 Å². The van der Waals surface area contributed by atoms with Gasteiger partial charge < -0.3 is 33.5 Å². The standard InChI is InChI=1S/C23H28O7/c1-12-7-13-8-16-20(30-11-29-16)22(28-6)17(13)18-14(10-23(12,2)24)9-15(25-3)19(26-4)21(18)27-5/h8-9,12,24H,7,10-11H2,1-6H3/t12-,23+/m0/s1. The van der Waals surface area contributed by atoms with Gasteiger partial charge in [-0.15, -0.1) is 0 Å². The van der Waals surface area contributed by atoms with Crippen molar-refractivity contribution in [3.8, 4) is 45.6 Å². The summed E-state index contributed by atoms with van der Waals surface area (Å²) in [5, 5.41) is 11.3. The second kappa shape index (κ2) is 7.47. The molecule has 0 spiro atoms. The van der Waals surface area contributed by atoms with Crippen molar-refractivity contribution in [1.82, 2.24) is 0 Å². The van der Waals surface area contributed by atoms with Crippen LogP contribution in [0.25, 0.3) is 11.1 Å². The number of methoxy groups -OCH3 is 4. The highest BCUT2D eigenvalue weighted by Crippen LogP contribution is 2.56. The lowest BCUT2D eigenvalue weighted by atomic mass is 9.75. The summed E-state index contributed by atoms with van der Waals surface area (Å²) >= 11 is 0. The van der Waals surface area contributed by atoms with Crippen LogP contribution < -0.4 is 28.4 Å². The Morgan fingerprint density at radius 2 is 1.57 bits per heavy atom. The molecule has 7 nitrogen and oxygen atoms in total. The molecule has 0 amide bonds. The lowest BCUT2D eigenvalue weighted by molar-refractivity contribution is 0.00629. The molecule has 2 aromatic carbocycles. The molecule has 0 unspecified atom stereocenters. The van der Waals surface area contributed by atoms with E-state index in [0.717, 1.165) is 22.3 Å². The van der Waals surface area contributed by atoms with Gasteiger partial charge in [-0.3, -0.25) is 0 Å². The number of hydrogen-bond acceptors (Lipinski definition) is 7. The number of rotatable bonds is 4. The molecule has 0 bridgehead atoms. The van der Waals surface area contributed by atoms with Crippen molar-refractivity contribution in [3.63, 3.8) is 0 Å². The Kier molecular flexibility index (Phi) is 5.10. The lowest BCUT2D eigenvalue weighted by Gasteiger charge is -2.35. The zero-order valence-corrected chi connectivity index (χ0v) is 18.3. The number of aliphatic hydroxyl groups is 1. The molecule has 2 aromatic rings. The van der Waals surface area contributed by atoms with Crippen LogP contribution in [0.15, 0.2) is 12.1 Å². The number of benzene rings is 2. The largest absolute Gasteiger partial charge is 0.493 e. The molecule has 2 atom stereocenters. The van der Waals surface area contributed by atoms with Gasteiger partial charge in [0.25, 0.3) is 0 Å². The summed E-state index contributed by atoms with van der Waals surface area (Å²) in [4.78, 5) is 0.